The molecule has 0 atom stereocenters. The van der Waals surface area contributed by atoms with Crippen LogP contribution < -0.4 is 5.32 Å². The number of aryl methyl sites for hydroxylation is 4. The van der Waals surface area contributed by atoms with E-state index in [1.807, 2.05) is 19.9 Å². The first-order valence-corrected chi connectivity index (χ1v) is 9.94. The van der Waals surface area contributed by atoms with Gasteiger partial charge in [-0.2, -0.15) is 0 Å². The largest absolute Gasteiger partial charge is 0.338 e. The van der Waals surface area contributed by atoms with E-state index < -0.39 is 0 Å². The first-order chi connectivity index (χ1) is 13.6. The molecule has 0 saturated heterocycles. The number of nitrogens with zero attached hydrogens (tertiary/aromatic N) is 4. The lowest BCUT2D eigenvalue weighted by Gasteiger charge is -2.28. The molecular weight excluding hydrogens is 362 g/mol. The molecule has 0 unspecified atom stereocenters. The number of benzene rings is 1. The van der Waals surface area contributed by atoms with Gasteiger partial charge in [-0.15, -0.1) is 5.10 Å². The van der Waals surface area contributed by atoms with Gasteiger partial charge in [0.15, 0.2) is 11.6 Å². The highest BCUT2D eigenvalue weighted by molar-refractivity contribution is 6.03. The molecule has 150 valence electrons. The van der Waals surface area contributed by atoms with Crippen LogP contribution in [0.3, 0.4) is 0 Å². The van der Waals surface area contributed by atoms with E-state index in [0.717, 1.165) is 40.3 Å². The monoisotopic (exact) mass is 389 g/mol. The first kappa shape index (κ1) is 19.3. The van der Waals surface area contributed by atoms with Crippen molar-refractivity contribution in [3.05, 3.63) is 58.0 Å². The van der Waals surface area contributed by atoms with Crippen LogP contribution in [0.5, 0.6) is 0 Å². The first-order valence-electron chi connectivity index (χ1n) is 9.94. The third kappa shape index (κ3) is 3.79. The second kappa shape index (κ2) is 6.79. The number of ketones is 1. The average molecular weight is 390 g/mol. The molecule has 6 heteroatoms. The molecule has 1 aliphatic carbocycles. The summed E-state index contributed by atoms with van der Waals surface area (Å²) in [5.74, 6) is 1.20. The highest BCUT2D eigenvalue weighted by Gasteiger charge is 2.37. The van der Waals surface area contributed by atoms with Gasteiger partial charge in [0.2, 0.25) is 0 Å². The summed E-state index contributed by atoms with van der Waals surface area (Å²) >= 11 is 0. The third-order valence-corrected chi connectivity index (χ3v) is 5.19. The Balaban J connectivity index is 1.88. The number of carbonyl (C=O) groups excluding carboxylic acids is 1. The molecule has 0 bridgehead atoms. The predicted molar refractivity (Wildman–Crippen MR) is 114 cm³/mol. The molecule has 1 aliphatic rings. The number of anilines is 2. The topological polar surface area (TPSA) is 72.7 Å². The van der Waals surface area contributed by atoms with Gasteiger partial charge in [-0.1, -0.05) is 19.9 Å². The van der Waals surface area contributed by atoms with Crippen LogP contribution in [-0.2, 0) is 6.42 Å². The van der Waals surface area contributed by atoms with E-state index >= 15 is 0 Å². The second-order valence-corrected chi connectivity index (χ2v) is 8.98. The van der Waals surface area contributed by atoms with Gasteiger partial charge in [-0.25, -0.2) is 14.6 Å². The van der Waals surface area contributed by atoms with Crippen LogP contribution >= 0.6 is 0 Å². The molecule has 0 amide bonds. The maximum atomic E-state index is 13.1. The van der Waals surface area contributed by atoms with Crippen LogP contribution in [0.4, 0.5) is 11.5 Å². The summed E-state index contributed by atoms with van der Waals surface area (Å²) in [7, 11) is 0. The van der Waals surface area contributed by atoms with E-state index in [-0.39, 0.29) is 11.2 Å². The van der Waals surface area contributed by atoms with Crippen molar-refractivity contribution in [1.82, 2.24) is 19.7 Å². The standard InChI is InChI=1S/C23H27N5O/c1-13-7-14(2)9-17(8-13)26-21-20-18(11-23(5,6)12-19(20)29)28(27-21)22-24-15(3)10-16(4)25-22/h7-10H,11-12H2,1-6H3,(H,26,27). The number of carbonyl (C=O) groups is 1. The lowest BCUT2D eigenvalue weighted by Crippen LogP contribution is -2.28. The van der Waals surface area contributed by atoms with E-state index in [1.165, 1.54) is 0 Å². The van der Waals surface area contributed by atoms with Gasteiger partial charge in [0, 0.05) is 23.5 Å². The van der Waals surface area contributed by atoms with Crippen molar-refractivity contribution in [2.75, 3.05) is 5.32 Å². The zero-order chi connectivity index (χ0) is 20.9. The highest BCUT2D eigenvalue weighted by atomic mass is 16.1. The van der Waals surface area contributed by atoms with Crippen molar-refractivity contribution in [3.8, 4) is 5.95 Å². The molecule has 0 aliphatic heterocycles. The fraction of sp³-hybridized carbons (Fsp3) is 0.391. The molecule has 0 radical (unpaired) electrons. The van der Waals surface area contributed by atoms with Crippen molar-refractivity contribution in [1.29, 1.82) is 0 Å². The summed E-state index contributed by atoms with van der Waals surface area (Å²) < 4.78 is 1.75. The molecule has 29 heavy (non-hydrogen) atoms. The Hall–Kier alpha value is -3.02. The van der Waals surface area contributed by atoms with E-state index in [0.29, 0.717) is 23.8 Å². The van der Waals surface area contributed by atoms with Gasteiger partial charge in [0.05, 0.1) is 11.3 Å². The maximum absolute atomic E-state index is 13.1. The molecule has 1 N–H and O–H groups in total. The van der Waals surface area contributed by atoms with Gasteiger partial charge in [-0.05, 0) is 68.9 Å². The predicted octanol–water partition coefficient (Wildman–Crippen LogP) is 4.79. The quantitative estimate of drug-likeness (QED) is 0.697. The fourth-order valence-electron chi connectivity index (χ4n) is 4.19. The molecule has 6 nitrogen and oxygen atoms in total. The zero-order valence-electron chi connectivity index (χ0n) is 17.9. The minimum atomic E-state index is -0.127. The van der Waals surface area contributed by atoms with Crippen LogP contribution in [0, 0.1) is 33.1 Å². The third-order valence-electron chi connectivity index (χ3n) is 5.19. The highest BCUT2D eigenvalue weighted by Crippen LogP contribution is 2.39. The number of rotatable bonds is 3. The summed E-state index contributed by atoms with van der Waals surface area (Å²) in [5, 5.41) is 8.16. The van der Waals surface area contributed by atoms with Crippen LogP contribution in [0.15, 0.2) is 24.3 Å². The van der Waals surface area contributed by atoms with Crippen molar-refractivity contribution < 1.29 is 4.79 Å². The van der Waals surface area contributed by atoms with Gasteiger partial charge in [-0.3, -0.25) is 4.79 Å². The Bertz CT molecular complexity index is 1090. The molecule has 1 aromatic carbocycles. The van der Waals surface area contributed by atoms with E-state index in [2.05, 4.69) is 61.2 Å². The van der Waals surface area contributed by atoms with Crippen LogP contribution in [0.2, 0.25) is 0 Å². The number of aromatic nitrogens is 4. The lowest BCUT2D eigenvalue weighted by atomic mass is 9.76. The SMILES string of the molecule is Cc1cc(C)cc(Nc2nn(-c3nc(C)cc(C)n3)c3c2C(=O)CC(C)(C)C3)c1. The molecule has 2 aromatic heterocycles. The van der Waals surface area contributed by atoms with Gasteiger partial charge in [0.25, 0.3) is 5.95 Å². The Morgan fingerprint density at radius 2 is 1.55 bits per heavy atom. The van der Waals surface area contributed by atoms with E-state index in [9.17, 15) is 4.79 Å². The molecule has 0 saturated carbocycles. The lowest BCUT2D eigenvalue weighted by molar-refractivity contribution is 0.0911. The molecule has 2 heterocycles. The van der Waals surface area contributed by atoms with Crippen LogP contribution in [0.25, 0.3) is 5.95 Å². The molecule has 0 spiro atoms. The maximum Gasteiger partial charge on any atom is 0.251 e. The Morgan fingerprint density at radius 1 is 0.931 bits per heavy atom. The summed E-state index contributed by atoms with van der Waals surface area (Å²) in [6.45, 7) is 12.2. The normalized spacial score (nSPS) is 15.3. The zero-order valence-corrected chi connectivity index (χ0v) is 17.9. The summed E-state index contributed by atoms with van der Waals surface area (Å²) in [6, 6.07) is 8.17. The average Bonchev–Trinajstić information content (AvgIpc) is 2.90. The van der Waals surface area contributed by atoms with Gasteiger partial charge >= 0.3 is 0 Å². The van der Waals surface area contributed by atoms with Crippen molar-refractivity contribution >= 4 is 17.3 Å². The van der Waals surface area contributed by atoms with Crippen LogP contribution in [0.1, 0.15) is 58.8 Å². The summed E-state index contributed by atoms with van der Waals surface area (Å²) in [6.07, 6.45) is 1.24. The summed E-state index contributed by atoms with van der Waals surface area (Å²) in [5.41, 5.74) is 6.40. The summed E-state index contributed by atoms with van der Waals surface area (Å²) in [4.78, 5) is 22.3. The minimum Gasteiger partial charge on any atom is -0.338 e. The number of Topliss-reactive ketones (excluding diaryl/α,β-unsaturated/α-hetero) is 1. The van der Waals surface area contributed by atoms with Gasteiger partial charge in [0.1, 0.15) is 0 Å². The fourth-order valence-corrected chi connectivity index (χ4v) is 4.19. The Labute approximate surface area is 171 Å². The molecule has 0 fully saturated rings. The number of fused-ring (bicyclic) bond motifs is 1. The number of hydrogen-bond acceptors (Lipinski definition) is 5. The molecular formula is C23H27N5O. The molecule has 3 aromatic rings. The second-order valence-electron chi connectivity index (χ2n) is 8.98. The minimum absolute atomic E-state index is 0.110. The number of hydrogen-bond donors (Lipinski definition) is 1. The van der Waals surface area contributed by atoms with Gasteiger partial charge < -0.3 is 5.32 Å². The van der Waals surface area contributed by atoms with Crippen molar-refractivity contribution in [3.63, 3.8) is 0 Å². The molecule has 4 rings (SSSR count). The Morgan fingerprint density at radius 3 is 2.17 bits per heavy atom. The number of nitrogens with one attached hydrogen (secondary N) is 1. The smallest absolute Gasteiger partial charge is 0.251 e. The van der Waals surface area contributed by atoms with E-state index in [1.54, 1.807) is 4.68 Å². The Kier molecular flexibility index (Phi) is 4.52. The van der Waals surface area contributed by atoms with Crippen LogP contribution in [-0.4, -0.2) is 25.5 Å². The van der Waals surface area contributed by atoms with Crippen molar-refractivity contribution in [2.24, 2.45) is 5.41 Å². The van der Waals surface area contributed by atoms with Crippen molar-refractivity contribution in [2.45, 2.75) is 54.4 Å². The van der Waals surface area contributed by atoms with E-state index in [4.69, 9.17) is 5.10 Å².